The molecule has 3 rings (SSSR count). The zero-order chi connectivity index (χ0) is 20.3. The average molecular weight is 431 g/mol. The number of hydrogen-bond acceptors (Lipinski definition) is 8. The number of nitrogens with zero attached hydrogens (tertiary/aromatic N) is 2. The van der Waals surface area contributed by atoms with Gasteiger partial charge in [0.05, 0.1) is 22.7 Å². The molecule has 0 radical (unpaired) electrons. The smallest absolute Gasteiger partial charge is 0.418 e. The minimum atomic E-state index is -4.54. The molecule has 0 bridgehead atoms. The van der Waals surface area contributed by atoms with Gasteiger partial charge in [-0.15, -0.1) is 11.3 Å². The number of fused-ring (bicyclic) bond motifs is 1. The van der Waals surface area contributed by atoms with Crippen LogP contribution in [-0.4, -0.2) is 39.1 Å². The van der Waals surface area contributed by atoms with E-state index in [0.29, 0.717) is 11.1 Å². The highest BCUT2D eigenvalue weighted by atomic mass is 32.2. The van der Waals surface area contributed by atoms with Gasteiger partial charge in [0.2, 0.25) is 5.91 Å². The normalized spacial score (nSPS) is 11.7. The highest BCUT2D eigenvalue weighted by Gasteiger charge is 2.31. The largest absolute Gasteiger partial charge is 0.430 e. The van der Waals surface area contributed by atoms with Gasteiger partial charge in [0.1, 0.15) is 6.61 Å². The Labute approximate surface area is 164 Å². The highest BCUT2D eigenvalue weighted by Crippen LogP contribution is 2.32. The van der Waals surface area contributed by atoms with Gasteiger partial charge in [-0.3, -0.25) is 9.59 Å². The van der Waals surface area contributed by atoms with Gasteiger partial charge >= 0.3 is 6.18 Å². The minimum Gasteiger partial charge on any atom is -0.430 e. The summed E-state index contributed by atoms with van der Waals surface area (Å²) in [6.45, 7) is -0.416. The molecule has 28 heavy (non-hydrogen) atoms. The number of thiophene rings is 1. The summed E-state index contributed by atoms with van der Waals surface area (Å²) in [6, 6.07) is 4.10. The summed E-state index contributed by atoms with van der Waals surface area (Å²) >= 11 is 2.14. The van der Waals surface area contributed by atoms with Crippen LogP contribution in [0.15, 0.2) is 34.0 Å². The van der Waals surface area contributed by atoms with E-state index in [2.05, 4.69) is 15.3 Å². The Morgan fingerprint density at radius 3 is 2.82 bits per heavy atom. The maximum absolute atomic E-state index is 12.7. The lowest BCUT2D eigenvalue weighted by Crippen LogP contribution is -2.25. The van der Waals surface area contributed by atoms with Crippen molar-refractivity contribution >= 4 is 46.0 Å². The van der Waals surface area contributed by atoms with E-state index in [4.69, 9.17) is 9.52 Å². The number of carbonyl (C=O) groups is 2. The van der Waals surface area contributed by atoms with Crippen molar-refractivity contribution in [3.63, 3.8) is 0 Å². The molecular formula is C16H12F3N3O4S2. The Hall–Kier alpha value is -2.44. The van der Waals surface area contributed by atoms with Crippen molar-refractivity contribution in [1.82, 2.24) is 15.3 Å². The molecule has 2 N–H and O–H groups in total. The van der Waals surface area contributed by atoms with E-state index in [1.54, 1.807) is 12.1 Å². The third-order valence-electron chi connectivity index (χ3n) is 3.42. The van der Waals surface area contributed by atoms with Gasteiger partial charge in [0, 0.05) is 11.1 Å². The molecule has 0 atom stereocenters. The van der Waals surface area contributed by atoms with Crippen LogP contribution in [0.2, 0.25) is 0 Å². The number of oxazole rings is 1. The zero-order valence-corrected chi connectivity index (χ0v) is 15.6. The number of ketones is 1. The van der Waals surface area contributed by atoms with Crippen LogP contribution in [0.4, 0.5) is 13.2 Å². The monoisotopic (exact) mass is 431 g/mol. The molecule has 3 aromatic rings. The predicted octanol–water partition coefficient (Wildman–Crippen LogP) is 2.89. The van der Waals surface area contributed by atoms with Gasteiger partial charge in [-0.2, -0.15) is 18.2 Å². The molecule has 0 aliphatic heterocycles. The summed E-state index contributed by atoms with van der Waals surface area (Å²) < 4.78 is 43.3. The summed E-state index contributed by atoms with van der Waals surface area (Å²) in [5.74, 6) is -0.766. The average Bonchev–Trinajstić information content (AvgIpc) is 3.29. The Balaban J connectivity index is 1.61. The van der Waals surface area contributed by atoms with Gasteiger partial charge in [0.15, 0.2) is 17.0 Å². The summed E-state index contributed by atoms with van der Waals surface area (Å²) in [7, 11) is 0. The van der Waals surface area contributed by atoms with Crippen molar-refractivity contribution in [3.8, 4) is 0 Å². The highest BCUT2D eigenvalue weighted by molar-refractivity contribution is 7.99. The van der Waals surface area contributed by atoms with Crippen molar-refractivity contribution in [3.05, 3.63) is 39.7 Å². The van der Waals surface area contributed by atoms with E-state index in [1.165, 1.54) is 11.3 Å². The lowest BCUT2D eigenvalue weighted by molar-refractivity contribution is -0.137. The molecule has 3 heterocycles. The first-order valence-electron chi connectivity index (χ1n) is 7.72. The predicted molar refractivity (Wildman–Crippen MR) is 95.1 cm³/mol. The lowest BCUT2D eigenvalue weighted by atomic mass is 10.3. The number of amides is 1. The minimum absolute atomic E-state index is 0.0259. The van der Waals surface area contributed by atoms with Crippen LogP contribution in [0.25, 0.3) is 11.2 Å². The summed E-state index contributed by atoms with van der Waals surface area (Å²) in [6.07, 6.45) is -3.86. The van der Waals surface area contributed by atoms with Gasteiger partial charge in [-0.05, 0) is 18.2 Å². The second kappa shape index (κ2) is 8.29. The van der Waals surface area contributed by atoms with E-state index < -0.39 is 24.3 Å². The fraction of sp³-hybridized carbons (Fsp3) is 0.250. The van der Waals surface area contributed by atoms with Crippen LogP contribution < -0.4 is 5.32 Å². The third kappa shape index (κ3) is 4.88. The number of pyridine rings is 1. The maximum Gasteiger partial charge on any atom is 0.418 e. The molecule has 0 fully saturated rings. The second-order valence-corrected chi connectivity index (χ2v) is 7.53. The first-order valence-corrected chi connectivity index (χ1v) is 9.52. The SMILES string of the molecule is O=C(CO)NCc1ccc(C(=O)CSc2nc3ncc(C(F)(F)F)cc3o2)s1. The van der Waals surface area contributed by atoms with Crippen molar-refractivity contribution in [2.45, 2.75) is 17.9 Å². The molecule has 12 heteroatoms. The standard InChI is InChI=1S/C16H12F3N3O4S2/c17-16(18,19)8-3-11-14(21-4-8)22-15(26-11)27-7-10(24)12-2-1-9(28-12)5-20-13(25)6-23/h1-4,23H,5-7H2,(H,20,25). The quantitative estimate of drug-likeness (QED) is 0.438. The lowest BCUT2D eigenvalue weighted by Gasteiger charge is -2.03. The number of alkyl halides is 3. The van der Waals surface area contributed by atoms with E-state index >= 15 is 0 Å². The molecule has 0 unspecified atom stereocenters. The first kappa shape index (κ1) is 20.3. The molecule has 0 aliphatic rings. The number of aromatic nitrogens is 2. The summed E-state index contributed by atoms with van der Waals surface area (Å²) in [5.41, 5.74) is -1.02. The van der Waals surface area contributed by atoms with E-state index in [-0.39, 0.29) is 34.5 Å². The van der Waals surface area contributed by atoms with E-state index in [1.807, 2.05) is 0 Å². The molecule has 0 aliphatic carbocycles. The number of Topliss-reactive ketones (excluding diaryl/α,β-unsaturated/α-hetero) is 1. The molecule has 0 saturated carbocycles. The molecule has 148 valence electrons. The van der Waals surface area contributed by atoms with Gasteiger partial charge in [0.25, 0.3) is 5.22 Å². The van der Waals surface area contributed by atoms with Crippen LogP contribution in [0, 0.1) is 0 Å². The van der Waals surface area contributed by atoms with Gasteiger partial charge in [-0.1, -0.05) is 11.8 Å². The number of rotatable bonds is 7. The van der Waals surface area contributed by atoms with Crippen LogP contribution >= 0.6 is 23.1 Å². The number of nitrogens with one attached hydrogen (secondary N) is 1. The Morgan fingerprint density at radius 2 is 2.11 bits per heavy atom. The molecule has 7 nitrogen and oxygen atoms in total. The fourth-order valence-electron chi connectivity index (χ4n) is 2.08. The van der Waals surface area contributed by atoms with Crippen LogP contribution in [0.5, 0.6) is 0 Å². The molecule has 1 amide bonds. The molecule has 0 saturated heterocycles. The van der Waals surface area contributed by atoms with Gasteiger partial charge in [-0.25, -0.2) is 4.98 Å². The summed E-state index contributed by atoms with van der Waals surface area (Å²) in [5, 5.41) is 11.2. The Kier molecular flexibility index (Phi) is 6.01. The molecule has 0 spiro atoms. The fourth-order valence-corrected chi connectivity index (χ4v) is 3.77. The van der Waals surface area contributed by atoms with E-state index in [0.717, 1.165) is 22.7 Å². The first-order chi connectivity index (χ1) is 13.3. The molecule has 3 aromatic heterocycles. The zero-order valence-electron chi connectivity index (χ0n) is 13.9. The number of halogens is 3. The van der Waals surface area contributed by atoms with E-state index in [9.17, 15) is 22.8 Å². The third-order valence-corrected chi connectivity index (χ3v) is 5.38. The second-order valence-electron chi connectivity index (χ2n) is 5.44. The maximum atomic E-state index is 12.7. The number of thioether (sulfide) groups is 1. The van der Waals surface area contributed by atoms with Crippen LogP contribution in [-0.2, 0) is 17.5 Å². The van der Waals surface area contributed by atoms with Crippen molar-refractivity contribution in [2.75, 3.05) is 12.4 Å². The van der Waals surface area contributed by atoms with Gasteiger partial charge < -0.3 is 14.8 Å². The molecule has 0 aromatic carbocycles. The van der Waals surface area contributed by atoms with Crippen molar-refractivity contribution in [1.29, 1.82) is 0 Å². The van der Waals surface area contributed by atoms with Crippen molar-refractivity contribution < 1.29 is 32.3 Å². The molecular weight excluding hydrogens is 419 g/mol. The number of aliphatic hydroxyl groups excluding tert-OH is 1. The number of aliphatic hydroxyl groups is 1. The van der Waals surface area contributed by atoms with Crippen molar-refractivity contribution in [2.24, 2.45) is 0 Å². The topological polar surface area (TPSA) is 105 Å². The Morgan fingerprint density at radius 1 is 1.32 bits per heavy atom. The van der Waals surface area contributed by atoms with Crippen LogP contribution in [0.3, 0.4) is 0 Å². The number of hydrogen-bond donors (Lipinski definition) is 2. The van der Waals surface area contributed by atoms with Crippen LogP contribution in [0.1, 0.15) is 20.1 Å². The Bertz CT molecular complexity index is 1020. The summed E-state index contributed by atoms with van der Waals surface area (Å²) in [4.78, 5) is 32.1. The number of carbonyl (C=O) groups excluding carboxylic acids is 2.